The van der Waals surface area contributed by atoms with Gasteiger partial charge in [-0.15, -0.1) is 0 Å². The number of aromatic nitrogens is 2. The van der Waals surface area contributed by atoms with E-state index in [4.69, 9.17) is 5.11 Å². The van der Waals surface area contributed by atoms with Gasteiger partial charge in [0.1, 0.15) is 5.65 Å². The predicted octanol–water partition coefficient (Wildman–Crippen LogP) is 3.01. The van der Waals surface area contributed by atoms with Crippen LogP contribution >= 0.6 is 0 Å². The van der Waals surface area contributed by atoms with Crippen LogP contribution in [0.15, 0.2) is 24.5 Å². The number of nitrogens with one attached hydrogen (secondary N) is 1. The summed E-state index contributed by atoms with van der Waals surface area (Å²) in [6, 6.07) is 2.82. The number of carbonyl (C=O) groups is 1. The highest BCUT2D eigenvalue weighted by Crippen LogP contribution is 2.35. The van der Waals surface area contributed by atoms with Crippen LogP contribution in [0.1, 0.15) is 36.9 Å². The van der Waals surface area contributed by atoms with Crippen LogP contribution in [0.3, 0.4) is 0 Å². The van der Waals surface area contributed by atoms with Crippen LogP contribution in [0.5, 0.6) is 0 Å². The van der Waals surface area contributed by atoms with Crippen LogP contribution in [-0.4, -0.2) is 32.4 Å². The van der Waals surface area contributed by atoms with Crippen molar-refractivity contribution in [2.75, 3.05) is 0 Å². The molecule has 2 atom stereocenters. The molecule has 0 radical (unpaired) electrons. The molecule has 2 heterocycles. The standard InChI is InChI=1S/C17H21F2N3O2/c1-11-2-5-15-21-9-13(22(15)10-11)8-20-14-4-3-12(16(23)24)6-7-17(14,18)19/h2,5,9-10,12,14,20H,3-4,6-8H2,1H3,(H,23,24)/t12-,14-/m1/s1. The molecule has 5 nitrogen and oxygen atoms in total. The van der Waals surface area contributed by atoms with Crippen LogP contribution < -0.4 is 5.32 Å². The third-order valence-corrected chi connectivity index (χ3v) is 4.75. The smallest absolute Gasteiger partial charge is 0.306 e. The topological polar surface area (TPSA) is 66.6 Å². The van der Waals surface area contributed by atoms with E-state index in [1.807, 2.05) is 29.7 Å². The third-order valence-electron chi connectivity index (χ3n) is 4.75. The maximum atomic E-state index is 14.3. The zero-order valence-corrected chi connectivity index (χ0v) is 13.5. The zero-order valence-electron chi connectivity index (χ0n) is 13.5. The van der Waals surface area contributed by atoms with E-state index in [9.17, 15) is 13.6 Å². The lowest BCUT2D eigenvalue weighted by molar-refractivity contribution is -0.142. The summed E-state index contributed by atoms with van der Waals surface area (Å²) in [7, 11) is 0. The minimum absolute atomic E-state index is 0.0231. The maximum absolute atomic E-state index is 14.3. The lowest BCUT2D eigenvalue weighted by Gasteiger charge is -2.25. The Morgan fingerprint density at radius 2 is 2.21 bits per heavy atom. The van der Waals surface area contributed by atoms with Gasteiger partial charge in [-0.2, -0.15) is 0 Å². The lowest BCUT2D eigenvalue weighted by Crippen LogP contribution is -2.43. The molecule has 7 heteroatoms. The molecule has 1 aliphatic rings. The SMILES string of the molecule is Cc1ccc2ncc(CN[C@@H]3CC[C@@H](C(=O)O)CCC3(F)F)n2c1. The molecule has 0 unspecified atom stereocenters. The largest absolute Gasteiger partial charge is 0.481 e. The normalized spacial score (nSPS) is 24.0. The van der Waals surface area contributed by atoms with E-state index in [0.717, 1.165) is 16.9 Å². The first kappa shape index (κ1) is 16.8. The summed E-state index contributed by atoms with van der Waals surface area (Å²) in [5.74, 6) is -4.56. The number of alkyl halides is 2. The van der Waals surface area contributed by atoms with E-state index in [1.165, 1.54) is 0 Å². The molecule has 0 aromatic carbocycles. The molecule has 0 amide bonds. The molecule has 24 heavy (non-hydrogen) atoms. The summed E-state index contributed by atoms with van der Waals surface area (Å²) in [5, 5.41) is 12.0. The highest BCUT2D eigenvalue weighted by Gasteiger charge is 2.42. The third kappa shape index (κ3) is 3.40. The number of carboxylic acids is 1. The highest BCUT2D eigenvalue weighted by atomic mass is 19.3. The van der Waals surface area contributed by atoms with Gasteiger partial charge in [0, 0.05) is 19.2 Å². The van der Waals surface area contributed by atoms with E-state index < -0.39 is 30.3 Å². The number of fused-ring (bicyclic) bond motifs is 1. The Hall–Kier alpha value is -2.02. The summed E-state index contributed by atoms with van der Waals surface area (Å²) in [6.45, 7) is 2.23. The van der Waals surface area contributed by atoms with Crippen molar-refractivity contribution >= 4 is 11.6 Å². The van der Waals surface area contributed by atoms with Crippen LogP contribution in [0.4, 0.5) is 8.78 Å². The molecule has 0 saturated heterocycles. The van der Waals surface area contributed by atoms with Gasteiger partial charge in [-0.05, 0) is 37.8 Å². The summed E-state index contributed by atoms with van der Waals surface area (Å²) in [5.41, 5.74) is 2.64. The highest BCUT2D eigenvalue weighted by molar-refractivity contribution is 5.69. The van der Waals surface area contributed by atoms with E-state index in [-0.39, 0.29) is 25.8 Å². The van der Waals surface area contributed by atoms with Crippen molar-refractivity contribution in [3.63, 3.8) is 0 Å². The summed E-state index contributed by atoms with van der Waals surface area (Å²) >= 11 is 0. The average Bonchev–Trinajstić information content (AvgIpc) is 2.84. The maximum Gasteiger partial charge on any atom is 0.306 e. The number of aliphatic carboxylic acids is 1. The molecular weight excluding hydrogens is 316 g/mol. The van der Waals surface area contributed by atoms with Gasteiger partial charge in [0.15, 0.2) is 0 Å². The van der Waals surface area contributed by atoms with E-state index in [1.54, 1.807) is 6.20 Å². The van der Waals surface area contributed by atoms with Gasteiger partial charge in [0.25, 0.3) is 5.92 Å². The number of aryl methyl sites for hydroxylation is 1. The molecule has 1 saturated carbocycles. The number of imidazole rings is 1. The summed E-state index contributed by atoms with van der Waals surface area (Å²) in [6.07, 6.45) is 3.65. The van der Waals surface area contributed by atoms with E-state index in [2.05, 4.69) is 10.3 Å². The van der Waals surface area contributed by atoms with Crippen LogP contribution in [0.25, 0.3) is 5.65 Å². The van der Waals surface area contributed by atoms with Gasteiger partial charge < -0.3 is 14.8 Å². The van der Waals surface area contributed by atoms with Crippen molar-refractivity contribution in [2.45, 2.75) is 51.1 Å². The fourth-order valence-corrected chi connectivity index (χ4v) is 3.26. The number of hydrogen-bond acceptors (Lipinski definition) is 3. The van der Waals surface area contributed by atoms with Crippen molar-refractivity contribution in [1.29, 1.82) is 0 Å². The average molecular weight is 337 g/mol. The first-order valence-corrected chi connectivity index (χ1v) is 8.13. The first-order valence-electron chi connectivity index (χ1n) is 8.13. The van der Waals surface area contributed by atoms with Crippen molar-refractivity contribution in [2.24, 2.45) is 5.92 Å². The summed E-state index contributed by atoms with van der Waals surface area (Å²) in [4.78, 5) is 15.3. The quantitative estimate of drug-likeness (QED) is 0.842. The zero-order chi connectivity index (χ0) is 17.3. The van der Waals surface area contributed by atoms with Crippen molar-refractivity contribution < 1.29 is 18.7 Å². The Morgan fingerprint density at radius 3 is 2.96 bits per heavy atom. The molecule has 1 fully saturated rings. The molecule has 1 aliphatic carbocycles. The Labute approximate surface area is 138 Å². The van der Waals surface area contributed by atoms with E-state index >= 15 is 0 Å². The molecule has 2 aromatic heterocycles. The molecule has 0 aliphatic heterocycles. The molecule has 2 aromatic rings. The van der Waals surface area contributed by atoms with Gasteiger partial charge in [0.2, 0.25) is 0 Å². The molecule has 2 N–H and O–H groups in total. The minimum Gasteiger partial charge on any atom is -0.481 e. The predicted molar refractivity (Wildman–Crippen MR) is 85.1 cm³/mol. The van der Waals surface area contributed by atoms with Gasteiger partial charge in [0.05, 0.1) is 23.9 Å². The second-order valence-corrected chi connectivity index (χ2v) is 6.53. The molecule has 3 rings (SSSR count). The number of rotatable bonds is 4. The van der Waals surface area contributed by atoms with Crippen LogP contribution in [-0.2, 0) is 11.3 Å². The second-order valence-electron chi connectivity index (χ2n) is 6.53. The van der Waals surface area contributed by atoms with Crippen LogP contribution in [0, 0.1) is 12.8 Å². The number of halogens is 2. The van der Waals surface area contributed by atoms with Gasteiger partial charge in [-0.3, -0.25) is 4.79 Å². The van der Waals surface area contributed by atoms with Crippen molar-refractivity contribution in [1.82, 2.24) is 14.7 Å². The van der Waals surface area contributed by atoms with E-state index in [0.29, 0.717) is 0 Å². The molecular formula is C17H21F2N3O2. The second kappa shape index (κ2) is 6.47. The molecule has 0 spiro atoms. The fraction of sp³-hybridized carbons (Fsp3) is 0.529. The molecule has 0 bridgehead atoms. The Balaban J connectivity index is 1.72. The van der Waals surface area contributed by atoms with Crippen molar-refractivity contribution in [3.05, 3.63) is 35.8 Å². The fourth-order valence-electron chi connectivity index (χ4n) is 3.26. The first-order chi connectivity index (χ1) is 11.4. The summed E-state index contributed by atoms with van der Waals surface area (Å²) < 4.78 is 30.5. The lowest BCUT2D eigenvalue weighted by atomic mass is 10.0. The van der Waals surface area contributed by atoms with Crippen LogP contribution in [0.2, 0.25) is 0 Å². The Bertz CT molecular complexity index is 745. The minimum atomic E-state index is -2.90. The number of pyridine rings is 1. The van der Waals surface area contributed by atoms with Gasteiger partial charge >= 0.3 is 5.97 Å². The van der Waals surface area contributed by atoms with Gasteiger partial charge in [-0.25, -0.2) is 13.8 Å². The number of carboxylic acid groups (broad SMARTS) is 1. The van der Waals surface area contributed by atoms with Gasteiger partial charge in [-0.1, -0.05) is 6.07 Å². The Kier molecular flexibility index (Phi) is 4.54. The number of nitrogens with zero attached hydrogens (tertiary/aromatic N) is 2. The van der Waals surface area contributed by atoms with Crippen molar-refractivity contribution in [3.8, 4) is 0 Å². The molecule has 130 valence electrons. The monoisotopic (exact) mass is 337 g/mol. The Morgan fingerprint density at radius 1 is 1.42 bits per heavy atom. The number of hydrogen-bond donors (Lipinski definition) is 2.